The van der Waals surface area contributed by atoms with Crippen molar-refractivity contribution in [2.45, 2.75) is 33.4 Å². The number of benzene rings is 1. The van der Waals surface area contributed by atoms with Crippen LogP contribution in [0.3, 0.4) is 0 Å². The predicted octanol–water partition coefficient (Wildman–Crippen LogP) is 1.95. The molecule has 114 valence electrons. The topological polar surface area (TPSA) is 50.4 Å². The monoisotopic (exact) mass is 288 g/mol. The lowest BCUT2D eigenvalue weighted by molar-refractivity contribution is -0.127. The number of carbonyl (C=O) groups is 1. The molecule has 0 radical (unpaired) electrons. The lowest BCUT2D eigenvalue weighted by Crippen LogP contribution is -2.36. The van der Waals surface area contributed by atoms with Crippen LogP contribution in [0.1, 0.15) is 26.3 Å². The van der Waals surface area contributed by atoms with Gasteiger partial charge in [-0.1, -0.05) is 38.0 Å². The normalized spacial score (nSPS) is 11.8. The summed E-state index contributed by atoms with van der Waals surface area (Å²) in [6, 6.07) is 7.72. The predicted molar refractivity (Wildman–Crippen MR) is 84.9 cm³/mol. The van der Waals surface area contributed by atoms with Crippen LogP contribution in [0.2, 0.25) is 0 Å². The van der Waals surface area contributed by atoms with Crippen molar-refractivity contribution < 1.29 is 9.53 Å². The van der Waals surface area contributed by atoms with E-state index in [4.69, 9.17) is 11.2 Å². The molecule has 0 aromatic heterocycles. The van der Waals surface area contributed by atoms with E-state index in [1.165, 1.54) is 0 Å². The van der Waals surface area contributed by atoms with Crippen molar-refractivity contribution in [3.05, 3.63) is 29.8 Å². The van der Waals surface area contributed by atoms with Crippen molar-refractivity contribution in [2.24, 2.45) is 5.92 Å². The lowest BCUT2D eigenvalue weighted by Gasteiger charge is -2.17. The second-order valence-corrected chi connectivity index (χ2v) is 5.31. The van der Waals surface area contributed by atoms with E-state index in [1.807, 2.05) is 24.3 Å². The van der Waals surface area contributed by atoms with Crippen molar-refractivity contribution >= 4 is 5.91 Å². The highest BCUT2D eigenvalue weighted by Crippen LogP contribution is 2.19. The van der Waals surface area contributed by atoms with E-state index in [9.17, 15) is 4.79 Å². The summed E-state index contributed by atoms with van der Waals surface area (Å²) in [5.41, 5.74) is 1.04. The summed E-state index contributed by atoms with van der Waals surface area (Å²) in [6.07, 6.45) is 4.54. The molecule has 0 heterocycles. The van der Waals surface area contributed by atoms with Gasteiger partial charge in [-0.3, -0.25) is 4.79 Å². The van der Waals surface area contributed by atoms with Gasteiger partial charge in [0.25, 0.3) is 5.91 Å². The van der Waals surface area contributed by atoms with E-state index in [0.717, 1.165) is 17.9 Å². The first-order chi connectivity index (χ1) is 10.0. The zero-order chi connectivity index (χ0) is 15.7. The quantitative estimate of drug-likeness (QED) is 0.719. The van der Waals surface area contributed by atoms with Crippen molar-refractivity contribution in [2.75, 3.05) is 13.1 Å². The van der Waals surface area contributed by atoms with Crippen LogP contribution in [-0.4, -0.2) is 25.1 Å². The van der Waals surface area contributed by atoms with Crippen LogP contribution in [0.5, 0.6) is 5.75 Å². The summed E-state index contributed by atoms with van der Waals surface area (Å²) in [6.45, 7) is 7.90. The van der Waals surface area contributed by atoms with E-state index in [0.29, 0.717) is 12.5 Å². The third-order valence-corrected chi connectivity index (χ3v) is 2.88. The minimum atomic E-state index is -0.579. The smallest absolute Gasteiger partial charge is 0.261 e. The molecule has 0 aliphatic carbocycles. The summed E-state index contributed by atoms with van der Waals surface area (Å²) in [4.78, 5) is 11.8. The SMILES string of the molecule is C#CCNC(=O)C(C)Oc1ccccc1CNCC(C)C. The second kappa shape index (κ2) is 9.04. The number of hydrogen-bond donors (Lipinski definition) is 2. The fourth-order valence-electron chi connectivity index (χ4n) is 1.79. The maximum Gasteiger partial charge on any atom is 0.261 e. The molecule has 1 atom stereocenters. The molecule has 0 saturated heterocycles. The van der Waals surface area contributed by atoms with Gasteiger partial charge in [-0.05, 0) is 25.5 Å². The van der Waals surface area contributed by atoms with E-state index >= 15 is 0 Å². The van der Waals surface area contributed by atoms with Crippen molar-refractivity contribution in [1.82, 2.24) is 10.6 Å². The number of hydrogen-bond acceptors (Lipinski definition) is 3. The number of carbonyl (C=O) groups excluding carboxylic acids is 1. The van der Waals surface area contributed by atoms with E-state index in [1.54, 1.807) is 6.92 Å². The molecule has 0 aliphatic rings. The Balaban J connectivity index is 2.61. The summed E-state index contributed by atoms with van der Waals surface area (Å²) >= 11 is 0. The number of para-hydroxylation sites is 1. The van der Waals surface area contributed by atoms with E-state index < -0.39 is 6.10 Å². The molecule has 0 fully saturated rings. The molecule has 1 unspecified atom stereocenters. The van der Waals surface area contributed by atoms with Crippen LogP contribution in [0.4, 0.5) is 0 Å². The van der Waals surface area contributed by atoms with Gasteiger partial charge in [0, 0.05) is 12.1 Å². The van der Waals surface area contributed by atoms with Crippen LogP contribution >= 0.6 is 0 Å². The Morgan fingerprint density at radius 1 is 1.33 bits per heavy atom. The molecule has 21 heavy (non-hydrogen) atoms. The van der Waals surface area contributed by atoms with Gasteiger partial charge in [0.05, 0.1) is 6.54 Å². The maximum atomic E-state index is 11.8. The molecule has 4 nitrogen and oxygen atoms in total. The minimum absolute atomic E-state index is 0.210. The average Bonchev–Trinajstić information content (AvgIpc) is 2.46. The molecule has 4 heteroatoms. The van der Waals surface area contributed by atoms with Gasteiger partial charge in [0.2, 0.25) is 0 Å². The average molecular weight is 288 g/mol. The summed E-state index contributed by atoms with van der Waals surface area (Å²) < 4.78 is 5.74. The molecule has 0 saturated carbocycles. The Kier molecular flexibility index (Phi) is 7.34. The Bertz CT molecular complexity index is 492. The molecule has 0 aliphatic heterocycles. The molecule has 1 amide bonds. The zero-order valence-corrected chi connectivity index (χ0v) is 13.0. The molecular formula is C17H24N2O2. The Morgan fingerprint density at radius 2 is 2.05 bits per heavy atom. The highest BCUT2D eigenvalue weighted by molar-refractivity contribution is 5.80. The number of terminal acetylenes is 1. The van der Waals surface area contributed by atoms with E-state index in [2.05, 4.69) is 30.4 Å². The van der Waals surface area contributed by atoms with Crippen LogP contribution in [0.25, 0.3) is 0 Å². The second-order valence-electron chi connectivity index (χ2n) is 5.31. The van der Waals surface area contributed by atoms with Gasteiger partial charge >= 0.3 is 0 Å². The largest absolute Gasteiger partial charge is 0.481 e. The zero-order valence-electron chi connectivity index (χ0n) is 13.0. The summed E-state index contributed by atoms with van der Waals surface area (Å²) in [5, 5.41) is 5.99. The van der Waals surface area contributed by atoms with E-state index in [-0.39, 0.29) is 12.5 Å². The number of ether oxygens (including phenoxy) is 1. The van der Waals surface area contributed by atoms with Gasteiger partial charge in [-0.25, -0.2) is 0 Å². The molecule has 1 aromatic rings. The van der Waals surface area contributed by atoms with Crippen LogP contribution in [0.15, 0.2) is 24.3 Å². The third kappa shape index (κ3) is 6.33. The number of nitrogens with one attached hydrogen (secondary N) is 2. The van der Waals surface area contributed by atoms with Crippen molar-refractivity contribution in [3.63, 3.8) is 0 Å². The molecule has 1 rings (SSSR count). The van der Waals surface area contributed by atoms with Crippen LogP contribution < -0.4 is 15.4 Å². The first-order valence-corrected chi connectivity index (χ1v) is 7.21. The highest BCUT2D eigenvalue weighted by atomic mass is 16.5. The van der Waals surface area contributed by atoms with Gasteiger partial charge in [0.1, 0.15) is 5.75 Å². The Labute approximate surface area is 127 Å². The Hall–Kier alpha value is -1.99. The van der Waals surface area contributed by atoms with Crippen LogP contribution in [-0.2, 0) is 11.3 Å². The number of rotatable bonds is 8. The molecule has 0 bridgehead atoms. The van der Waals surface area contributed by atoms with Crippen molar-refractivity contribution in [3.8, 4) is 18.1 Å². The molecule has 1 aromatic carbocycles. The summed E-state index contributed by atoms with van der Waals surface area (Å²) in [7, 11) is 0. The summed E-state index contributed by atoms with van der Waals surface area (Å²) in [5.74, 6) is 3.47. The Morgan fingerprint density at radius 3 is 2.71 bits per heavy atom. The van der Waals surface area contributed by atoms with Gasteiger partial charge < -0.3 is 15.4 Å². The lowest BCUT2D eigenvalue weighted by atomic mass is 10.1. The van der Waals surface area contributed by atoms with Crippen molar-refractivity contribution in [1.29, 1.82) is 0 Å². The first kappa shape index (κ1) is 17.1. The molecule has 0 spiro atoms. The highest BCUT2D eigenvalue weighted by Gasteiger charge is 2.15. The fourth-order valence-corrected chi connectivity index (χ4v) is 1.79. The minimum Gasteiger partial charge on any atom is -0.481 e. The fraction of sp³-hybridized carbons (Fsp3) is 0.471. The van der Waals surface area contributed by atoms with Crippen LogP contribution in [0, 0.1) is 18.3 Å². The van der Waals surface area contributed by atoms with Gasteiger partial charge in [0.15, 0.2) is 6.10 Å². The van der Waals surface area contributed by atoms with Gasteiger partial charge in [-0.15, -0.1) is 6.42 Å². The standard InChI is InChI=1S/C17H24N2O2/c1-5-10-19-17(20)14(4)21-16-9-7-6-8-15(16)12-18-11-13(2)3/h1,6-9,13-14,18H,10-12H2,2-4H3,(H,19,20). The van der Waals surface area contributed by atoms with Gasteiger partial charge in [-0.2, -0.15) is 0 Å². The number of amides is 1. The maximum absolute atomic E-state index is 11.8. The third-order valence-electron chi connectivity index (χ3n) is 2.88. The molecule has 2 N–H and O–H groups in total. The molecular weight excluding hydrogens is 264 g/mol. The first-order valence-electron chi connectivity index (χ1n) is 7.21.